The number of nitrogens with zero attached hydrogens (tertiary/aromatic N) is 2. The van der Waals surface area contributed by atoms with Crippen LogP contribution >= 0.6 is 0 Å². The van der Waals surface area contributed by atoms with Crippen LogP contribution in [0.15, 0.2) is 28.7 Å². The minimum atomic E-state index is -0.508. The van der Waals surface area contributed by atoms with Crippen molar-refractivity contribution in [2.75, 3.05) is 13.2 Å². The first-order chi connectivity index (χ1) is 12.3. The molecule has 1 fully saturated rings. The van der Waals surface area contributed by atoms with Crippen LogP contribution in [-0.4, -0.2) is 46.9 Å². The zero-order chi connectivity index (χ0) is 18.5. The van der Waals surface area contributed by atoms with E-state index in [9.17, 15) is 4.79 Å². The Labute approximate surface area is 152 Å². The molecular weight excluding hydrogens is 332 g/mol. The second-order valence-corrected chi connectivity index (χ2v) is 7.96. The maximum Gasteiger partial charge on any atom is 0.411 e. The molecule has 1 amide bonds. The molecule has 2 atom stereocenters. The highest BCUT2D eigenvalue weighted by Gasteiger charge is 2.40. The summed E-state index contributed by atoms with van der Waals surface area (Å²) >= 11 is 0. The van der Waals surface area contributed by atoms with Gasteiger partial charge in [-0.2, -0.15) is 0 Å². The molecule has 2 unspecified atom stereocenters. The second-order valence-electron chi connectivity index (χ2n) is 7.96. The predicted octanol–water partition coefficient (Wildman–Crippen LogP) is 3.93. The summed E-state index contributed by atoms with van der Waals surface area (Å²) in [5.41, 5.74) is 3.47. The van der Waals surface area contributed by atoms with Crippen molar-refractivity contribution in [3.63, 3.8) is 0 Å². The van der Waals surface area contributed by atoms with E-state index in [1.165, 1.54) is 5.57 Å². The smallest absolute Gasteiger partial charge is 0.411 e. The van der Waals surface area contributed by atoms with Crippen LogP contribution in [0.25, 0.3) is 16.7 Å². The maximum absolute atomic E-state index is 12.6. The number of ether oxygens (including phenoxy) is 2. The first-order valence-corrected chi connectivity index (χ1v) is 8.97. The van der Waals surface area contributed by atoms with Gasteiger partial charge in [-0.25, -0.2) is 9.78 Å². The van der Waals surface area contributed by atoms with Gasteiger partial charge in [-0.3, -0.25) is 4.90 Å². The summed E-state index contributed by atoms with van der Waals surface area (Å²) in [6.45, 7) is 8.52. The van der Waals surface area contributed by atoms with Crippen molar-refractivity contribution in [1.29, 1.82) is 0 Å². The van der Waals surface area contributed by atoms with Gasteiger partial charge in [0.25, 0.3) is 0 Å². The van der Waals surface area contributed by atoms with Crippen molar-refractivity contribution in [3.8, 4) is 0 Å². The van der Waals surface area contributed by atoms with Crippen LogP contribution in [0.3, 0.4) is 0 Å². The second kappa shape index (κ2) is 6.13. The van der Waals surface area contributed by atoms with E-state index >= 15 is 0 Å². The monoisotopic (exact) mass is 356 g/mol. The molecule has 138 valence electrons. The first-order valence-electron chi connectivity index (χ1n) is 8.97. The van der Waals surface area contributed by atoms with Crippen molar-refractivity contribution in [2.45, 2.75) is 51.8 Å². The van der Waals surface area contributed by atoms with Crippen LogP contribution in [0.1, 0.15) is 38.6 Å². The Kier molecular flexibility index (Phi) is 4.03. The summed E-state index contributed by atoms with van der Waals surface area (Å²) in [7, 11) is 0. The average Bonchev–Trinajstić information content (AvgIpc) is 2.91. The van der Waals surface area contributed by atoms with E-state index < -0.39 is 5.60 Å². The van der Waals surface area contributed by atoms with Crippen LogP contribution in [-0.2, 0) is 9.47 Å². The quantitative estimate of drug-likeness (QED) is 0.775. The molecule has 0 saturated carbocycles. The summed E-state index contributed by atoms with van der Waals surface area (Å²) in [5.74, 6) is 0.663. The van der Waals surface area contributed by atoms with E-state index in [2.05, 4.69) is 23.2 Å². The number of hydrogen-bond donors (Lipinski definition) is 0. The molecule has 6 nitrogen and oxygen atoms in total. The molecule has 2 bridgehead atoms. The summed E-state index contributed by atoms with van der Waals surface area (Å²) < 4.78 is 16.8. The number of aryl methyl sites for hydroxylation is 1. The molecule has 0 radical (unpaired) electrons. The number of benzene rings is 1. The Bertz CT molecular complexity index is 878. The Morgan fingerprint density at radius 3 is 2.85 bits per heavy atom. The van der Waals surface area contributed by atoms with Gasteiger partial charge in [-0.05, 0) is 50.5 Å². The van der Waals surface area contributed by atoms with E-state index in [0.717, 1.165) is 23.1 Å². The number of amides is 1. The van der Waals surface area contributed by atoms with Crippen molar-refractivity contribution >= 4 is 22.8 Å². The highest BCUT2D eigenvalue weighted by Crippen LogP contribution is 2.34. The van der Waals surface area contributed by atoms with Gasteiger partial charge in [0.05, 0.1) is 25.3 Å². The molecule has 2 aliphatic heterocycles. The summed E-state index contributed by atoms with van der Waals surface area (Å²) in [6.07, 6.45) is 2.58. The third-order valence-electron chi connectivity index (χ3n) is 4.67. The lowest BCUT2D eigenvalue weighted by Crippen LogP contribution is -2.57. The maximum atomic E-state index is 12.6. The molecule has 0 aliphatic carbocycles. The van der Waals surface area contributed by atoms with E-state index in [0.29, 0.717) is 19.1 Å². The third kappa shape index (κ3) is 3.21. The minimum Gasteiger partial charge on any atom is -0.444 e. The summed E-state index contributed by atoms with van der Waals surface area (Å²) in [5, 5.41) is 0. The zero-order valence-electron chi connectivity index (χ0n) is 15.6. The van der Waals surface area contributed by atoms with Crippen LogP contribution in [0, 0.1) is 6.92 Å². The highest BCUT2D eigenvalue weighted by atomic mass is 16.6. The molecule has 0 spiro atoms. The van der Waals surface area contributed by atoms with Crippen LogP contribution < -0.4 is 0 Å². The molecule has 0 N–H and O–H groups in total. The Hall–Kier alpha value is -2.34. The van der Waals surface area contributed by atoms with Gasteiger partial charge in [0.15, 0.2) is 11.5 Å². The van der Waals surface area contributed by atoms with Crippen LogP contribution in [0.4, 0.5) is 4.79 Å². The van der Waals surface area contributed by atoms with Gasteiger partial charge in [-0.1, -0.05) is 12.1 Å². The first kappa shape index (κ1) is 17.1. The van der Waals surface area contributed by atoms with E-state index in [-0.39, 0.29) is 18.2 Å². The Morgan fingerprint density at radius 1 is 1.31 bits per heavy atom. The standard InChI is InChI=1S/C20H24N2O4/c1-12-21-17-9-13(5-6-18(17)25-12)14-7-15-10-24-11-16(8-14)22(15)19(23)26-20(2,3)4/h5-7,9,15-16H,8,10-11H2,1-4H3. The van der Waals surface area contributed by atoms with Gasteiger partial charge < -0.3 is 13.9 Å². The third-order valence-corrected chi connectivity index (χ3v) is 4.67. The van der Waals surface area contributed by atoms with Gasteiger partial charge in [0, 0.05) is 6.92 Å². The Balaban J connectivity index is 1.64. The minimum absolute atomic E-state index is 0.0154. The molecule has 6 heteroatoms. The van der Waals surface area contributed by atoms with E-state index in [1.807, 2.05) is 38.7 Å². The zero-order valence-corrected chi connectivity index (χ0v) is 15.6. The van der Waals surface area contributed by atoms with Gasteiger partial charge >= 0.3 is 6.09 Å². The van der Waals surface area contributed by atoms with Gasteiger partial charge in [-0.15, -0.1) is 0 Å². The van der Waals surface area contributed by atoms with Crippen LogP contribution in [0.2, 0.25) is 0 Å². The summed E-state index contributed by atoms with van der Waals surface area (Å²) in [4.78, 5) is 18.9. The predicted molar refractivity (Wildman–Crippen MR) is 97.8 cm³/mol. The lowest BCUT2D eigenvalue weighted by Gasteiger charge is -2.44. The fourth-order valence-electron chi connectivity index (χ4n) is 3.65. The van der Waals surface area contributed by atoms with Gasteiger partial charge in [0.1, 0.15) is 11.1 Å². The van der Waals surface area contributed by atoms with E-state index in [1.54, 1.807) is 0 Å². The van der Waals surface area contributed by atoms with Gasteiger partial charge in [0.2, 0.25) is 0 Å². The number of aromatic nitrogens is 1. The topological polar surface area (TPSA) is 64.8 Å². The number of fused-ring (bicyclic) bond motifs is 3. The SMILES string of the molecule is Cc1nc2cc(C3=CC4COCC(C3)N4C(=O)OC(C)(C)C)ccc2o1. The molecule has 1 saturated heterocycles. The molecular formula is C20H24N2O4. The van der Waals surface area contributed by atoms with Crippen molar-refractivity contribution in [3.05, 3.63) is 35.7 Å². The number of oxazole rings is 1. The fraction of sp³-hybridized carbons (Fsp3) is 0.500. The normalized spacial score (nSPS) is 23.1. The fourth-order valence-corrected chi connectivity index (χ4v) is 3.65. The number of hydrogen-bond acceptors (Lipinski definition) is 5. The molecule has 1 aromatic heterocycles. The number of carbonyl (C=O) groups is 1. The highest BCUT2D eigenvalue weighted by molar-refractivity contribution is 5.81. The Morgan fingerprint density at radius 2 is 2.12 bits per heavy atom. The average molecular weight is 356 g/mol. The van der Waals surface area contributed by atoms with Crippen LogP contribution in [0.5, 0.6) is 0 Å². The number of rotatable bonds is 1. The molecule has 3 heterocycles. The van der Waals surface area contributed by atoms with Crippen molar-refractivity contribution < 1.29 is 18.7 Å². The number of carbonyl (C=O) groups excluding carboxylic acids is 1. The molecule has 26 heavy (non-hydrogen) atoms. The van der Waals surface area contributed by atoms with E-state index in [4.69, 9.17) is 13.9 Å². The largest absolute Gasteiger partial charge is 0.444 e. The van der Waals surface area contributed by atoms with Crippen molar-refractivity contribution in [2.24, 2.45) is 0 Å². The molecule has 2 aliphatic rings. The molecule has 2 aromatic rings. The van der Waals surface area contributed by atoms with Crippen molar-refractivity contribution in [1.82, 2.24) is 9.88 Å². The molecule has 4 rings (SSSR count). The number of morpholine rings is 1. The lowest BCUT2D eigenvalue weighted by atomic mass is 9.90. The summed E-state index contributed by atoms with van der Waals surface area (Å²) in [6, 6.07) is 5.94. The lowest BCUT2D eigenvalue weighted by molar-refractivity contribution is -0.0510. The molecule has 1 aromatic carbocycles.